The number of carbonyl (C=O) groups excluding carboxylic acids is 2. The number of hydrogen-bond acceptors (Lipinski definition) is 2. The van der Waals surface area contributed by atoms with Gasteiger partial charge in [0, 0.05) is 18.0 Å². The van der Waals surface area contributed by atoms with Crippen molar-refractivity contribution >= 4 is 23.4 Å². The smallest absolute Gasteiger partial charge is 0.349 e. The van der Waals surface area contributed by atoms with Crippen molar-refractivity contribution in [2.24, 2.45) is 5.92 Å². The number of nitrogens with one attached hydrogen (secondary N) is 1. The molecule has 1 aromatic rings. The van der Waals surface area contributed by atoms with Gasteiger partial charge in [0.2, 0.25) is 11.8 Å². The zero-order valence-electron chi connectivity index (χ0n) is 12.4. The maximum absolute atomic E-state index is 12.4. The number of carbonyl (C=O) groups is 2. The van der Waals surface area contributed by atoms with Gasteiger partial charge in [0.25, 0.3) is 0 Å². The van der Waals surface area contributed by atoms with Crippen LogP contribution >= 0.6 is 11.6 Å². The first-order valence-corrected chi connectivity index (χ1v) is 7.44. The lowest BCUT2D eigenvalue weighted by Gasteiger charge is -2.19. The van der Waals surface area contributed by atoms with Crippen molar-refractivity contribution < 1.29 is 22.8 Å². The van der Waals surface area contributed by atoms with Gasteiger partial charge in [0.1, 0.15) is 6.54 Å². The Hall–Kier alpha value is -1.76. The number of nitrogens with zero attached hydrogens (tertiary/aromatic N) is 1. The zero-order chi connectivity index (χ0) is 17.2. The summed E-state index contributed by atoms with van der Waals surface area (Å²) in [6.07, 6.45) is -4.66. The fourth-order valence-electron chi connectivity index (χ4n) is 2.48. The van der Waals surface area contributed by atoms with Crippen LogP contribution in [0, 0.1) is 5.92 Å². The Balaban J connectivity index is 1.93. The molecule has 1 aliphatic rings. The largest absolute Gasteiger partial charge is 0.406 e. The molecule has 2 amide bonds. The van der Waals surface area contributed by atoms with E-state index in [2.05, 4.69) is 5.32 Å². The molecule has 1 aromatic carbocycles. The first-order valence-electron chi connectivity index (χ1n) is 7.06. The van der Waals surface area contributed by atoms with Crippen LogP contribution in [0.2, 0.25) is 5.02 Å². The summed E-state index contributed by atoms with van der Waals surface area (Å²) in [6, 6.07) is 6.55. The van der Waals surface area contributed by atoms with Crippen LogP contribution < -0.4 is 5.32 Å². The summed E-state index contributed by atoms with van der Waals surface area (Å²) < 4.78 is 37.1. The standard InChI is InChI=1S/C15H16ClF3N2O2/c1-9(10-2-4-12(16)5-3-10)20-14(23)11-6-13(22)21(7-11)8-15(17,18)19/h2-5,9,11H,6-8H2,1H3,(H,20,23)/t9-,11+/m0/s1. The molecule has 23 heavy (non-hydrogen) atoms. The van der Waals surface area contributed by atoms with Gasteiger partial charge in [0.05, 0.1) is 12.0 Å². The molecule has 2 atom stereocenters. The van der Waals surface area contributed by atoms with E-state index in [1.165, 1.54) is 0 Å². The first-order chi connectivity index (χ1) is 10.7. The second-order valence-electron chi connectivity index (χ2n) is 5.57. The average molecular weight is 349 g/mol. The van der Waals surface area contributed by atoms with E-state index < -0.39 is 30.5 Å². The predicted octanol–water partition coefficient (Wildman–Crippen LogP) is 2.93. The lowest BCUT2D eigenvalue weighted by atomic mass is 10.1. The Morgan fingerprint density at radius 3 is 2.57 bits per heavy atom. The topological polar surface area (TPSA) is 49.4 Å². The van der Waals surface area contributed by atoms with Gasteiger partial charge in [-0.05, 0) is 24.6 Å². The van der Waals surface area contributed by atoms with Crippen LogP contribution in [0.15, 0.2) is 24.3 Å². The van der Waals surface area contributed by atoms with Gasteiger partial charge >= 0.3 is 6.18 Å². The Bertz CT molecular complexity index is 589. The lowest BCUT2D eigenvalue weighted by Crippen LogP contribution is -2.37. The molecule has 0 bridgehead atoms. The number of alkyl halides is 3. The number of likely N-dealkylation sites (tertiary alicyclic amines) is 1. The third-order valence-corrected chi connectivity index (χ3v) is 3.94. The Labute approximate surface area is 136 Å². The summed E-state index contributed by atoms with van der Waals surface area (Å²) in [5.41, 5.74) is 0.819. The maximum atomic E-state index is 12.4. The average Bonchev–Trinajstić information content (AvgIpc) is 2.79. The Morgan fingerprint density at radius 1 is 1.39 bits per heavy atom. The summed E-state index contributed by atoms with van der Waals surface area (Å²) in [5, 5.41) is 3.29. The van der Waals surface area contributed by atoms with Crippen molar-refractivity contribution in [1.29, 1.82) is 0 Å². The van der Waals surface area contributed by atoms with Crippen LogP contribution in [0.5, 0.6) is 0 Å². The van der Waals surface area contributed by atoms with Gasteiger partial charge in [-0.2, -0.15) is 13.2 Å². The molecular formula is C15H16ClF3N2O2. The fraction of sp³-hybridized carbons (Fsp3) is 0.467. The molecule has 2 rings (SSSR count). The molecule has 0 aromatic heterocycles. The van der Waals surface area contributed by atoms with Crippen molar-refractivity contribution in [3.8, 4) is 0 Å². The maximum Gasteiger partial charge on any atom is 0.406 e. The first kappa shape index (κ1) is 17.6. The molecule has 4 nitrogen and oxygen atoms in total. The molecule has 0 saturated carbocycles. The second kappa shape index (κ2) is 6.78. The zero-order valence-corrected chi connectivity index (χ0v) is 13.1. The number of hydrogen-bond donors (Lipinski definition) is 1. The molecule has 1 saturated heterocycles. The van der Waals surface area contributed by atoms with Crippen LogP contribution in [0.3, 0.4) is 0 Å². The fourth-order valence-corrected chi connectivity index (χ4v) is 2.61. The van der Waals surface area contributed by atoms with Crippen molar-refractivity contribution in [1.82, 2.24) is 10.2 Å². The van der Waals surface area contributed by atoms with Crippen molar-refractivity contribution in [2.75, 3.05) is 13.1 Å². The highest BCUT2D eigenvalue weighted by molar-refractivity contribution is 6.30. The van der Waals surface area contributed by atoms with E-state index in [4.69, 9.17) is 11.6 Å². The van der Waals surface area contributed by atoms with E-state index in [1.54, 1.807) is 31.2 Å². The Kier molecular flexibility index (Phi) is 5.19. The van der Waals surface area contributed by atoms with Gasteiger partial charge < -0.3 is 10.2 Å². The lowest BCUT2D eigenvalue weighted by molar-refractivity contribution is -0.157. The highest BCUT2D eigenvalue weighted by Gasteiger charge is 2.40. The van der Waals surface area contributed by atoms with Gasteiger partial charge in [-0.25, -0.2) is 0 Å². The molecule has 0 radical (unpaired) electrons. The third kappa shape index (κ3) is 4.86. The van der Waals surface area contributed by atoms with Crippen molar-refractivity contribution in [2.45, 2.75) is 25.6 Å². The molecule has 0 spiro atoms. The monoisotopic (exact) mass is 348 g/mol. The quantitative estimate of drug-likeness (QED) is 0.909. The summed E-state index contributed by atoms with van der Waals surface area (Å²) in [7, 11) is 0. The minimum Gasteiger partial charge on any atom is -0.349 e. The third-order valence-electron chi connectivity index (χ3n) is 3.68. The molecular weight excluding hydrogens is 333 g/mol. The molecule has 0 aliphatic carbocycles. The van der Waals surface area contributed by atoms with Crippen LogP contribution in [-0.4, -0.2) is 36.0 Å². The summed E-state index contributed by atoms with van der Waals surface area (Å²) in [6.45, 7) is 0.227. The summed E-state index contributed by atoms with van der Waals surface area (Å²) >= 11 is 5.79. The Morgan fingerprint density at radius 2 is 2.00 bits per heavy atom. The molecule has 0 unspecified atom stereocenters. The summed E-state index contributed by atoms with van der Waals surface area (Å²) in [4.78, 5) is 24.4. The molecule has 1 fully saturated rings. The van der Waals surface area contributed by atoms with Crippen LogP contribution in [0.25, 0.3) is 0 Å². The van der Waals surface area contributed by atoms with Crippen molar-refractivity contribution in [3.63, 3.8) is 0 Å². The van der Waals surface area contributed by atoms with Gasteiger partial charge in [-0.3, -0.25) is 9.59 Å². The van der Waals surface area contributed by atoms with E-state index in [9.17, 15) is 22.8 Å². The van der Waals surface area contributed by atoms with Gasteiger partial charge in [0.15, 0.2) is 0 Å². The highest BCUT2D eigenvalue weighted by Crippen LogP contribution is 2.25. The minimum atomic E-state index is -4.46. The van der Waals surface area contributed by atoms with Crippen molar-refractivity contribution in [3.05, 3.63) is 34.9 Å². The van der Waals surface area contributed by atoms with E-state index >= 15 is 0 Å². The van der Waals surface area contributed by atoms with E-state index in [0.29, 0.717) is 9.92 Å². The van der Waals surface area contributed by atoms with E-state index in [1.807, 2.05) is 0 Å². The second-order valence-corrected chi connectivity index (χ2v) is 6.01. The SMILES string of the molecule is C[C@H](NC(=O)[C@@H]1CC(=O)N(CC(F)(F)F)C1)c1ccc(Cl)cc1. The molecule has 1 N–H and O–H groups in total. The number of halogens is 4. The van der Waals surface area contributed by atoms with E-state index in [-0.39, 0.29) is 19.0 Å². The van der Waals surface area contributed by atoms with Crippen LogP contribution in [0.4, 0.5) is 13.2 Å². The molecule has 126 valence electrons. The highest BCUT2D eigenvalue weighted by atomic mass is 35.5. The minimum absolute atomic E-state index is 0.199. The molecule has 8 heteroatoms. The van der Waals surface area contributed by atoms with E-state index in [0.717, 1.165) is 5.56 Å². The normalized spacial score (nSPS) is 19.8. The summed E-state index contributed by atoms with van der Waals surface area (Å²) in [5.74, 6) is -1.84. The van der Waals surface area contributed by atoms with Gasteiger partial charge in [-0.1, -0.05) is 23.7 Å². The number of rotatable bonds is 4. The molecule has 1 aliphatic heterocycles. The van der Waals surface area contributed by atoms with Gasteiger partial charge in [-0.15, -0.1) is 0 Å². The predicted molar refractivity (Wildman–Crippen MR) is 78.8 cm³/mol. The van der Waals surface area contributed by atoms with Crippen LogP contribution in [0.1, 0.15) is 24.9 Å². The number of amides is 2. The van der Waals surface area contributed by atoms with Crippen LogP contribution in [-0.2, 0) is 9.59 Å². The number of benzene rings is 1. The molecule has 1 heterocycles.